The van der Waals surface area contributed by atoms with Crippen LogP contribution in [0.1, 0.15) is 26.3 Å². The summed E-state index contributed by atoms with van der Waals surface area (Å²) < 4.78 is 44.7. The van der Waals surface area contributed by atoms with E-state index in [-0.39, 0.29) is 22.4 Å². The third-order valence-electron chi connectivity index (χ3n) is 5.13. The highest BCUT2D eigenvalue weighted by Crippen LogP contribution is 2.33. The molecule has 1 aromatic heterocycles. The zero-order chi connectivity index (χ0) is 24.5. The van der Waals surface area contributed by atoms with Gasteiger partial charge in [0.2, 0.25) is 5.91 Å². The molecule has 1 amide bonds. The van der Waals surface area contributed by atoms with E-state index in [1.165, 1.54) is 36.2 Å². The minimum atomic E-state index is -4.47. The summed E-state index contributed by atoms with van der Waals surface area (Å²) >= 11 is 0. The normalized spacial score (nSPS) is 11.3. The largest absolute Gasteiger partial charge is 0.465 e. The molecule has 0 radical (unpaired) electrons. The van der Waals surface area contributed by atoms with E-state index in [0.717, 1.165) is 17.7 Å². The molecule has 0 aliphatic rings. The third kappa shape index (κ3) is 4.38. The van der Waals surface area contributed by atoms with Gasteiger partial charge in [0.1, 0.15) is 5.69 Å². The molecule has 172 valence electrons. The lowest BCUT2D eigenvalue weighted by Crippen LogP contribution is -2.19. The van der Waals surface area contributed by atoms with Gasteiger partial charge in [-0.15, -0.1) is 5.10 Å². The molecule has 34 heavy (non-hydrogen) atoms. The SMILES string of the molecule is COC(=O)c1cc(-c2ccccc2)cc(-c2cn(-c3ccc(C(F)(F)F)cc3)nn2)c1C(N)=O. The topological polar surface area (TPSA) is 100 Å². The number of aromatic nitrogens is 3. The zero-order valence-corrected chi connectivity index (χ0v) is 17.7. The number of benzene rings is 3. The fourth-order valence-corrected chi connectivity index (χ4v) is 3.49. The minimum Gasteiger partial charge on any atom is -0.465 e. The summed E-state index contributed by atoms with van der Waals surface area (Å²) in [4.78, 5) is 24.8. The summed E-state index contributed by atoms with van der Waals surface area (Å²) in [5, 5.41) is 8.04. The molecule has 0 saturated heterocycles. The van der Waals surface area contributed by atoms with Crippen LogP contribution in [0.15, 0.2) is 72.9 Å². The predicted molar refractivity (Wildman–Crippen MR) is 117 cm³/mol. The Labute approximate surface area is 191 Å². The number of primary amides is 1. The Hall–Kier alpha value is -4.47. The van der Waals surface area contributed by atoms with Crippen molar-refractivity contribution in [3.05, 3.63) is 89.6 Å². The van der Waals surface area contributed by atoms with E-state index in [1.807, 2.05) is 30.3 Å². The van der Waals surface area contributed by atoms with Crippen LogP contribution in [-0.2, 0) is 10.9 Å². The van der Waals surface area contributed by atoms with Crippen LogP contribution in [0.4, 0.5) is 13.2 Å². The molecule has 0 aliphatic heterocycles. The van der Waals surface area contributed by atoms with Gasteiger partial charge in [0.05, 0.1) is 35.7 Å². The first-order valence-corrected chi connectivity index (χ1v) is 9.91. The highest BCUT2D eigenvalue weighted by Gasteiger charge is 2.30. The highest BCUT2D eigenvalue weighted by atomic mass is 19.4. The maximum absolute atomic E-state index is 12.9. The number of rotatable bonds is 5. The molecule has 0 aliphatic carbocycles. The highest BCUT2D eigenvalue weighted by molar-refractivity contribution is 6.10. The lowest BCUT2D eigenvalue weighted by atomic mass is 9.92. The Morgan fingerprint density at radius 3 is 2.24 bits per heavy atom. The quantitative estimate of drug-likeness (QED) is 0.437. The molecule has 3 aromatic carbocycles. The van der Waals surface area contributed by atoms with Crippen LogP contribution in [0.3, 0.4) is 0 Å². The molecule has 0 bridgehead atoms. The molecule has 4 aromatic rings. The average molecular weight is 466 g/mol. The molecule has 0 fully saturated rings. The van der Waals surface area contributed by atoms with Gasteiger partial charge in [-0.1, -0.05) is 35.5 Å². The molecule has 0 atom stereocenters. The van der Waals surface area contributed by atoms with E-state index in [0.29, 0.717) is 11.3 Å². The van der Waals surface area contributed by atoms with Gasteiger partial charge in [-0.05, 0) is 47.5 Å². The summed E-state index contributed by atoms with van der Waals surface area (Å²) in [6, 6.07) is 16.6. The summed E-state index contributed by atoms with van der Waals surface area (Å²) in [6.07, 6.45) is -3.04. The van der Waals surface area contributed by atoms with Crippen LogP contribution < -0.4 is 5.73 Å². The van der Waals surface area contributed by atoms with E-state index >= 15 is 0 Å². The monoisotopic (exact) mass is 466 g/mol. The first kappa shape index (κ1) is 22.7. The molecule has 10 heteroatoms. The number of amides is 1. The minimum absolute atomic E-state index is 0.0459. The van der Waals surface area contributed by atoms with Gasteiger partial charge in [0, 0.05) is 5.56 Å². The Morgan fingerprint density at radius 1 is 0.971 bits per heavy atom. The lowest BCUT2D eigenvalue weighted by molar-refractivity contribution is -0.137. The Kier molecular flexibility index (Phi) is 5.89. The van der Waals surface area contributed by atoms with E-state index in [4.69, 9.17) is 10.5 Å². The fourth-order valence-electron chi connectivity index (χ4n) is 3.49. The van der Waals surface area contributed by atoms with Crippen LogP contribution in [0.25, 0.3) is 28.1 Å². The molecule has 7 nitrogen and oxygen atoms in total. The van der Waals surface area contributed by atoms with Gasteiger partial charge in [-0.25, -0.2) is 9.48 Å². The van der Waals surface area contributed by atoms with Crippen LogP contribution >= 0.6 is 0 Å². The van der Waals surface area contributed by atoms with Gasteiger partial charge >= 0.3 is 12.1 Å². The molecular formula is C24H17F3N4O3. The number of alkyl halides is 3. The number of esters is 1. The molecular weight excluding hydrogens is 449 g/mol. The number of ether oxygens (including phenoxy) is 1. The predicted octanol–water partition coefficient (Wildman–Crippen LogP) is 4.51. The van der Waals surface area contributed by atoms with E-state index in [2.05, 4.69) is 10.3 Å². The van der Waals surface area contributed by atoms with Crippen molar-refractivity contribution < 1.29 is 27.5 Å². The molecule has 2 N–H and O–H groups in total. The number of hydrogen-bond donors (Lipinski definition) is 1. The Balaban J connectivity index is 1.86. The van der Waals surface area contributed by atoms with E-state index < -0.39 is 23.6 Å². The smallest absolute Gasteiger partial charge is 0.416 e. The van der Waals surface area contributed by atoms with E-state index in [9.17, 15) is 22.8 Å². The number of nitrogens with zero attached hydrogens (tertiary/aromatic N) is 3. The molecule has 0 unspecified atom stereocenters. The van der Waals surface area contributed by atoms with Gasteiger partial charge in [0.15, 0.2) is 0 Å². The van der Waals surface area contributed by atoms with E-state index in [1.54, 1.807) is 6.07 Å². The first-order valence-electron chi connectivity index (χ1n) is 9.91. The second-order valence-electron chi connectivity index (χ2n) is 7.26. The van der Waals surface area contributed by atoms with Crippen LogP contribution in [0.2, 0.25) is 0 Å². The summed E-state index contributed by atoms with van der Waals surface area (Å²) in [7, 11) is 1.18. The Morgan fingerprint density at radius 2 is 1.65 bits per heavy atom. The number of carbonyl (C=O) groups is 2. The average Bonchev–Trinajstić information content (AvgIpc) is 3.33. The van der Waals surface area contributed by atoms with Crippen molar-refractivity contribution in [1.82, 2.24) is 15.0 Å². The van der Waals surface area contributed by atoms with Crippen molar-refractivity contribution in [2.75, 3.05) is 7.11 Å². The van der Waals surface area contributed by atoms with Crippen molar-refractivity contribution in [2.45, 2.75) is 6.18 Å². The van der Waals surface area contributed by atoms with Crippen molar-refractivity contribution >= 4 is 11.9 Å². The first-order chi connectivity index (χ1) is 16.2. The second-order valence-corrected chi connectivity index (χ2v) is 7.26. The number of methoxy groups -OCH3 is 1. The van der Waals surface area contributed by atoms with Gasteiger partial charge in [0.25, 0.3) is 0 Å². The van der Waals surface area contributed by atoms with Crippen molar-refractivity contribution in [1.29, 1.82) is 0 Å². The third-order valence-corrected chi connectivity index (χ3v) is 5.13. The van der Waals surface area contributed by atoms with Crippen molar-refractivity contribution in [2.24, 2.45) is 5.73 Å². The number of nitrogens with two attached hydrogens (primary N) is 1. The molecule has 1 heterocycles. The van der Waals surface area contributed by atoms with Crippen LogP contribution in [0, 0.1) is 0 Å². The Bertz CT molecular complexity index is 1360. The van der Waals surface area contributed by atoms with Gasteiger partial charge in [-0.2, -0.15) is 13.2 Å². The van der Waals surface area contributed by atoms with Crippen molar-refractivity contribution in [3.8, 4) is 28.1 Å². The fraction of sp³-hybridized carbons (Fsp3) is 0.0833. The maximum atomic E-state index is 12.9. The maximum Gasteiger partial charge on any atom is 0.416 e. The summed E-state index contributed by atoms with van der Waals surface area (Å²) in [6.45, 7) is 0. The standard InChI is InChI=1S/C24H17F3N4O3/c1-34-23(33)19-12-15(14-5-3-2-4-6-14)11-18(21(19)22(28)32)20-13-31(30-29-20)17-9-7-16(8-10-17)24(25,26)27/h2-13H,1H3,(H2,28,32). The summed E-state index contributed by atoms with van der Waals surface area (Å²) in [5.41, 5.74) is 6.76. The van der Waals surface area contributed by atoms with Crippen LogP contribution in [-0.4, -0.2) is 34.0 Å². The van der Waals surface area contributed by atoms with Gasteiger partial charge in [-0.3, -0.25) is 4.79 Å². The number of halogens is 3. The van der Waals surface area contributed by atoms with Crippen LogP contribution in [0.5, 0.6) is 0 Å². The number of hydrogen-bond acceptors (Lipinski definition) is 5. The lowest BCUT2D eigenvalue weighted by Gasteiger charge is -2.13. The summed E-state index contributed by atoms with van der Waals surface area (Å²) in [5.74, 6) is -1.64. The van der Waals surface area contributed by atoms with Crippen molar-refractivity contribution in [3.63, 3.8) is 0 Å². The number of carbonyl (C=O) groups excluding carboxylic acids is 2. The molecule has 0 spiro atoms. The molecule has 4 rings (SSSR count). The zero-order valence-electron chi connectivity index (χ0n) is 17.7. The van der Waals surface area contributed by atoms with Gasteiger partial charge < -0.3 is 10.5 Å². The second kappa shape index (κ2) is 8.81. The molecule has 0 saturated carbocycles.